The number of carbonyl (C=O) groups excluding carboxylic acids is 1. The van der Waals surface area contributed by atoms with E-state index in [1.165, 1.54) is 12.1 Å². The van der Waals surface area contributed by atoms with E-state index >= 15 is 0 Å². The number of anilines is 1. The van der Waals surface area contributed by atoms with E-state index in [1.807, 2.05) is 0 Å². The van der Waals surface area contributed by atoms with E-state index < -0.39 is 0 Å². The second-order valence-corrected chi connectivity index (χ2v) is 6.39. The number of Topliss-reactive ketones (excluding diaryl/α,β-unsaturated/α-hetero) is 1. The number of nitrogens with zero attached hydrogens (tertiary/aromatic N) is 1. The van der Waals surface area contributed by atoms with Crippen LogP contribution < -0.4 is 10.7 Å². The van der Waals surface area contributed by atoms with Crippen molar-refractivity contribution in [3.8, 4) is 0 Å². The lowest BCUT2D eigenvalue weighted by atomic mass is 9.76. The third-order valence-electron chi connectivity index (χ3n) is 3.18. The second kappa shape index (κ2) is 6.30. The van der Waals surface area contributed by atoms with E-state index in [0.29, 0.717) is 23.6 Å². The smallest absolute Gasteiger partial charge is 0.191 e. The molecule has 0 radical (unpaired) electrons. The molecular formula is C15H18FN3OS. The number of hydrogen-bond donors (Lipinski definition) is 2. The molecule has 0 aliphatic heterocycles. The van der Waals surface area contributed by atoms with Gasteiger partial charge < -0.3 is 5.32 Å². The van der Waals surface area contributed by atoms with Crippen molar-refractivity contribution in [3.05, 3.63) is 30.1 Å². The molecule has 1 aromatic carbocycles. The van der Waals surface area contributed by atoms with Crippen LogP contribution in [0.1, 0.15) is 33.1 Å². The molecule has 0 bridgehead atoms. The number of carbonyl (C=O) groups is 1. The Bertz CT molecular complexity index is 581. The van der Waals surface area contributed by atoms with Gasteiger partial charge in [0.05, 0.1) is 0 Å². The van der Waals surface area contributed by atoms with Gasteiger partial charge in [0, 0.05) is 24.2 Å². The predicted molar refractivity (Wildman–Crippen MR) is 85.8 cm³/mol. The van der Waals surface area contributed by atoms with Gasteiger partial charge in [-0.15, -0.1) is 0 Å². The molecule has 112 valence electrons. The van der Waals surface area contributed by atoms with E-state index in [-0.39, 0.29) is 17.0 Å². The molecule has 0 spiro atoms. The molecule has 2 rings (SSSR count). The van der Waals surface area contributed by atoms with Crippen LogP contribution in [0.5, 0.6) is 0 Å². The van der Waals surface area contributed by atoms with Gasteiger partial charge in [0.2, 0.25) is 0 Å². The molecule has 1 fully saturated rings. The number of rotatable bonds is 2. The number of hydrazone groups is 1. The molecule has 1 aromatic rings. The zero-order valence-corrected chi connectivity index (χ0v) is 12.9. The van der Waals surface area contributed by atoms with Crippen molar-refractivity contribution >= 4 is 34.5 Å². The van der Waals surface area contributed by atoms with E-state index in [1.54, 1.807) is 12.1 Å². The number of ketones is 1. The highest BCUT2D eigenvalue weighted by Gasteiger charge is 2.30. The summed E-state index contributed by atoms with van der Waals surface area (Å²) in [5.41, 5.74) is 4.16. The average Bonchev–Trinajstić information content (AvgIpc) is 2.37. The highest BCUT2D eigenvalue weighted by Crippen LogP contribution is 2.31. The van der Waals surface area contributed by atoms with Gasteiger partial charge in [0.25, 0.3) is 0 Å². The zero-order chi connectivity index (χ0) is 15.5. The third kappa shape index (κ3) is 4.90. The first kappa shape index (κ1) is 15.6. The molecular weight excluding hydrogens is 289 g/mol. The molecule has 0 heterocycles. The molecule has 0 unspecified atom stereocenters. The fraction of sp³-hybridized carbons (Fsp3) is 0.400. The Balaban J connectivity index is 1.92. The maximum Gasteiger partial charge on any atom is 0.191 e. The molecule has 4 nitrogen and oxygen atoms in total. The van der Waals surface area contributed by atoms with Gasteiger partial charge in [-0.25, -0.2) is 4.39 Å². The van der Waals surface area contributed by atoms with E-state index in [0.717, 1.165) is 12.1 Å². The van der Waals surface area contributed by atoms with Crippen molar-refractivity contribution in [1.82, 2.24) is 5.43 Å². The first-order valence-electron chi connectivity index (χ1n) is 6.74. The van der Waals surface area contributed by atoms with Crippen LogP contribution in [-0.2, 0) is 4.79 Å². The Morgan fingerprint density at radius 1 is 1.29 bits per heavy atom. The van der Waals surface area contributed by atoms with E-state index in [9.17, 15) is 9.18 Å². The van der Waals surface area contributed by atoms with Crippen LogP contribution in [0.3, 0.4) is 0 Å². The molecule has 21 heavy (non-hydrogen) atoms. The first-order valence-corrected chi connectivity index (χ1v) is 7.15. The molecule has 1 aliphatic carbocycles. The van der Waals surface area contributed by atoms with Crippen LogP contribution in [0.25, 0.3) is 0 Å². The molecule has 0 amide bonds. The quantitative estimate of drug-likeness (QED) is 0.650. The third-order valence-corrected chi connectivity index (χ3v) is 3.37. The Labute approximate surface area is 128 Å². The summed E-state index contributed by atoms with van der Waals surface area (Å²) >= 11 is 5.12. The fourth-order valence-corrected chi connectivity index (χ4v) is 2.57. The maximum absolute atomic E-state index is 12.8. The highest BCUT2D eigenvalue weighted by molar-refractivity contribution is 7.80. The molecule has 0 atom stereocenters. The van der Waals surface area contributed by atoms with Crippen molar-refractivity contribution < 1.29 is 9.18 Å². The SMILES string of the molecule is CC1(C)CC(=O)CC(=NNC(=S)Nc2ccc(F)cc2)C1. The first-order chi connectivity index (χ1) is 9.84. The van der Waals surface area contributed by atoms with Gasteiger partial charge in [0.15, 0.2) is 5.11 Å². The lowest BCUT2D eigenvalue weighted by Gasteiger charge is -2.29. The number of thiocarbonyl (C=S) groups is 1. The summed E-state index contributed by atoms with van der Waals surface area (Å²) in [6.45, 7) is 4.10. The van der Waals surface area contributed by atoms with Crippen molar-refractivity contribution in [2.24, 2.45) is 10.5 Å². The number of nitrogens with one attached hydrogen (secondary N) is 2. The van der Waals surface area contributed by atoms with Gasteiger partial charge in [-0.3, -0.25) is 10.2 Å². The maximum atomic E-state index is 12.8. The summed E-state index contributed by atoms with van der Waals surface area (Å²) in [5.74, 6) is -0.105. The second-order valence-electron chi connectivity index (χ2n) is 5.98. The molecule has 0 aromatic heterocycles. The van der Waals surface area contributed by atoms with Gasteiger partial charge in [-0.05, 0) is 48.3 Å². The van der Waals surface area contributed by atoms with Gasteiger partial charge in [-0.2, -0.15) is 5.10 Å². The van der Waals surface area contributed by atoms with Crippen LogP contribution >= 0.6 is 12.2 Å². The van der Waals surface area contributed by atoms with Gasteiger partial charge in [-0.1, -0.05) is 13.8 Å². The summed E-state index contributed by atoms with van der Waals surface area (Å²) in [6.07, 6.45) is 1.73. The molecule has 1 saturated carbocycles. The fourth-order valence-electron chi connectivity index (χ4n) is 2.40. The highest BCUT2D eigenvalue weighted by atomic mass is 32.1. The van der Waals surface area contributed by atoms with Crippen molar-refractivity contribution in [2.45, 2.75) is 33.1 Å². The van der Waals surface area contributed by atoms with Crippen molar-refractivity contribution in [2.75, 3.05) is 5.32 Å². The normalized spacial score (nSPS) is 19.4. The monoisotopic (exact) mass is 307 g/mol. The largest absolute Gasteiger partial charge is 0.331 e. The standard InChI is InChI=1S/C15H18FN3OS/c1-15(2)8-12(7-13(20)9-15)18-19-14(21)17-11-5-3-10(16)4-6-11/h3-6H,7-9H2,1-2H3,(H2,17,19,21). The minimum Gasteiger partial charge on any atom is -0.331 e. The number of benzene rings is 1. The molecule has 0 saturated heterocycles. The van der Waals surface area contributed by atoms with Crippen LogP contribution in [0.4, 0.5) is 10.1 Å². The topological polar surface area (TPSA) is 53.5 Å². The Kier molecular flexibility index (Phi) is 4.67. The van der Waals surface area contributed by atoms with E-state index in [2.05, 4.69) is 29.7 Å². The summed E-state index contributed by atoms with van der Waals surface area (Å²) in [6, 6.07) is 5.87. The summed E-state index contributed by atoms with van der Waals surface area (Å²) in [7, 11) is 0. The van der Waals surface area contributed by atoms with Crippen LogP contribution in [0.15, 0.2) is 29.4 Å². The summed E-state index contributed by atoms with van der Waals surface area (Å²) in [5, 5.41) is 7.42. The van der Waals surface area contributed by atoms with E-state index in [4.69, 9.17) is 12.2 Å². The Morgan fingerprint density at radius 2 is 1.95 bits per heavy atom. The minimum absolute atomic E-state index is 0.0537. The number of halogens is 1. The molecule has 6 heteroatoms. The lowest BCUT2D eigenvalue weighted by Crippen LogP contribution is -2.32. The van der Waals surface area contributed by atoms with Crippen LogP contribution in [0, 0.1) is 11.2 Å². The average molecular weight is 307 g/mol. The van der Waals surface area contributed by atoms with Gasteiger partial charge in [0.1, 0.15) is 11.6 Å². The predicted octanol–water partition coefficient (Wildman–Crippen LogP) is 3.25. The van der Waals surface area contributed by atoms with Crippen LogP contribution in [-0.4, -0.2) is 16.6 Å². The lowest BCUT2D eigenvalue weighted by molar-refractivity contribution is -0.120. The molecule has 2 N–H and O–H groups in total. The molecule has 1 aliphatic rings. The zero-order valence-electron chi connectivity index (χ0n) is 12.1. The van der Waals surface area contributed by atoms with Gasteiger partial charge >= 0.3 is 0 Å². The minimum atomic E-state index is -0.303. The van der Waals surface area contributed by atoms with Crippen molar-refractivity contribution in [1.29, 1.82) is 0 Å². The Hall–Kier alpha value is -1.82. The Morgan fingerprint density at radius 3 is 2.57 bits per heavy atom. The van der Waals surface area contributed by atoms with Crippen molar-refractivity contribution in [3.63, 3.8) is 0 Å². The number of hydrogen-bond acceptors (Lipinski definition) is 3. The summed E-state index contributed by atoms with van der Waals surface area (Å²) in [4.78, 5) is 11.7. The van der Waals surface area contributed by atoms with Crippen LogP contribution in [0.2, 0.25) is 0 Å². The summed E-state index contributed by atoms with van der Waals surface area (Å²) < 4.78 is 12.8.